The minimum Gasteiger partial charge on any atom is -0.385 e. The maximum Gasteiger partial charge on any atom is 0.292 e. The molecular weight excluding hydrogens is 140 g/mol. The summed E-state index contributed by atoms with van der Waals surface area (Å²) >= 11 is 0. The van der Waals surface area contributed by atoms with Crippen molar-refractivity contribution >= 4 is 0 Å². The molecule has 0 radical (unpaired) electrons. The van der Waals surface area contributed by atoms with Crippen LogP contribution >= 0.6 is 0 Å². The minimum atomic E-state index is -2.96. The molecule has 0 amide bonds. The van der Waals surface area contributed by atoms with Gasteiger partial charge in [-0.2, -0.15) is 0 Å². The fraction of sp³-hybridized carbons (Fsp3) is 0.667. The number of aliphatic hydroxyl groups is 1. The first-order chi connectivity index (χ1) is 4.56. The maximum absolute atomic E-state index is 12.4. The van der Waals surface area contributed by atoms with E-state index in [1.54, 1.807) is 0 Å². The standard InChI is InChI=1S/C6H9F2NO/c1-2-9-3-5(10)6(7,8)4-9/h2,5,10H,1,3-4H2. The Morgan fingerprint density at radius 1 is 1.70 bits per heavy atom. The summed E-state index contributed by atoms with van der Waals surface area (Å²) in [6, 6.07) is 0. The molecule has 1 heterocycles. The summed E-state index contributed by atoms with van der Waals surface area (Å²) in [6.45, 7) is 2.89. The fourth-order valence-electron chi connectivity index (χ4n) is 0.935. The summed E-state index contributed by atoms with van der Waals surface area (Å²) in [5, 5.41) is 8.72. The van der Waals surface area contributed by atoms with Gasteiger partial charge in [0.1, 0.15) is 6.10 Å². The molecule has 0 aromatic heterocycles. The molecule has 0 spiro atoms. The maximum atomic E-state index is 12.4. The summed E-state index contributed by atoms with van der Waals surface area (Å²) < 4.78 is 24.9. The van der Waals surface area contributed by atoms with Crippen molar-refractivity contribution < 1.29 is 13.9 Å². The van der Waals surface area contributed by atoms with Crippen LogP contribution in [-0.2, 0) is 0 Å². The lowest BCUT2D eigenvalue weighted by atomic mass is 10.2. The third kappa shape index (κ3) is 1.11. The van der Waals surface area contributed by atoms with Crippen molar-refractivity contribution in [2.45, 2.75) is 12.0 Å². The Morgan fingerprint density at radius 2 is 2.30 bits per heavy atom. The topological polar surface area (TPSA) is 23.5 Å². The van der Waals surface area contributed by atoms with E-state index in [1.165, 1.54) is 11.1 Å². The molecule has 1 rings (SSSR count). The molecule has 2 nitrogen and oxygen atoms in total. The number of halogens is 2. The number of hydrogen-bond acceptors (Lipinski definition) is 2. The number of β-amino-alcohol motifs (C(OH)–C–C–N with tert-alkyl or cyclic N) is 1. The van der Waals surface area contributed by atoms with Gasteiger partial charge in [-0.3, -0.25) is 0 Å². The van der Waals surface area contributed by atoms with E-state index in [0.717, 1.165) is 0 Å². The van der Waals surface area contributed by atoms with E-state index in [9.17, 15) is 8.78 Å². The zero-order chi connectivity index (χ0) is 7.78. The van der Waals surface area contributed by atoms with Crippen molar-refractivity contribution in [2.75, 3.05) is 13.1 Å². The average molecular weight is 149 g/mol. The Morgan fingerprint density at radius 3 is 2.50 bits per heavy atom. The molecule has 1 N–H and O–H groups in total. The van der Waals surface area contributed by atoms with Crippen LogP contribution in [0.25, 0.3) is 0 Å². The molecule has 0 aromatic carbocycles. The van der Waals surface area contributed by atoms with Gasteiger partial charge in [0.15, 0.2) is 0 Å². The van der Waals surface area contributed by atoms with Gasteiger partial charge in [-0.05, 0) is 6.20 Å². The Bertz CT molecular complexity index is 149. The third-order valence-electron chi connectivity index (χ3n) is 1.57. The van der Waals surface area contributed by atoms with Gasteiger partial charge in [-0.15, -0.1) is 0 Å². The number of aliphatic hydroxyl groups excluding tert-OH is 1. The smallest absolute Gasteiger partial charge is 0.292 e. The van der Waals surface area contributed by atoms with Crippen LogP contribution in [0, 0.1) is 0 Å². The molecule has 1 unspecified atom stereocenters. The van der Waals surface area contributed by atoms with Gasteiger partial charge in [0, 0.05) is 6.54 Å². The summed E-state index contributed by atoms with van der Waals surface area (Å²) in [4.78, 5) is 1.30. The molecule has 10 heavy (non-hydrogen) atoms. The molecule has 1 aliphatic heterocycles. The van der Waals surface area contributed by atoms with Crippen LogP contribution < -0.4 is 0 Å². The predicted octanol–water partition coefficient (Wildman–Crippen LogP) is 0.442. The zero-order valence-corrected chi connectivity index (χ0v) is 5.43. The van der Waals surface area contributed by atoms with Gasteiger partial charge >= 0.3 is 0 Å². The molecule has 0 saturated carbocycles. The largest absolute Gasteiger partial charge is 0.385 e. The highest BCUT2D eigenvalue weighted by molar-refractivity contribution is 4.93. The first kappa shape index (κ1) is 7.47. The lowest BCUT2D eigenvalue weighted by Gasteiger charge is -2.10. The number of likely N-dealkylation sites (tertiary alicyclic amines) is 1. The van der Waals surface area contributed by atoms with Crippen LogP contribution in [0.1, 0.15) is 0 Å². The van der Waals surface area contributed by atoms with E-state index in [2.05, 4.69) is 6.58 Å². The van der Waals surface area contributed by atoms with E-state index in [1.807, 2.05) is 0 Å². The van der Waals surface area contributed by atoms with Crippen LogP contribution in [0.3, 0.4) is 0 Å². The SMILES string of the molecule is C=CN1CC(O)C(F)(F)C1. The quantitative estimate of drug-likeness (QED) is 0.584. The van der Waals surface area contributed by atoms with Crippen molar-refractivity contribution in [3.05, 3.63) is 12.8 Å². The Kier molecular flexibility index (Phi) is 1.64. The molecule has 1 fully saturated rings. The highest BCUT2D eigenvalue weighted by atomic mass is 19.3. The van der Waals surface area contributed by atoms with E-state index >= 15 is 0 Å². The molecule has 1 saturated heterocycles. The Hall–Kier alpha value is -0.640. The van der Waals surface area contributed by atoms with E-state index in [-0.39, 0.29) is 6.54 Å². The third-order valence-corrected chi connectivity index (χ3v) is 1.57. The Labute approximate surface area is 57.8 Å². The Balaban J connectivity index is 2.61. The summed E-state index contributed by atoms with van der Waals surface area (Å²) in [6.07, 6.45) is -0.227. The van der Waals surface area contributed by atoms with Crippen molar-refractivity contribution in [1.82, 2.24) is 4.90 Å². The second-order valence-corrected chi connectivity index (χ2v) is 2.39. The molecule has 58 valence electrons. The number of alkyl halides is 2. The highest BCUT2D eigenvalue weighted by Crippen LogP contribution is 2.27. The van der Waals surface area contributed by atoms with Crippen LogP contribution in [-0.4, -0.2) is 35.1 Å². The predicted molar refractivity (Wildman–Crippen MR) is 32.7 cm³/mol. The number of nitrogens with zero attached hydrogens (tertiary/aromatic N) is 1. The monoisotopic (exact) mass is 149 g/mol. The van der Waals surface area contributed by atoms with Crippen molar-refractivity contribution in [3.63, 3.8) is 0 Å². The van der Waals surface area contributed by atoms with Crippen molar-refractivity contribution in [2.24, 2.45) is 0 Å². The average Bonchev–Trinajstić information content (AvgIpc) is 2.08. The van der Waals surface area contributed by atoms with Gasteiger partial charge < -0.3 is 10.0 Å². The second kappa shape index (κ2) is 2.20. The fourth-order valence-corrected chi connectivity index (χ4v) is 0.935. The number of hydrogen-bond donors (Lipinski definition) is 1. The van der Waals surface area contributed by atoms with Crippen LogP contribution in [0.5, 0.6) is 0 Å². The normalized spacial score (nSPS) is 30.7. The van der Waals surface area contributed by atoms with Crippen molar-refractivity contribution in [1.29, 1.82) is 0 Å². The molecule has 1 aliphatic rings. The van der Waals surface area contributed by atoms with E-state index < -0.39 is 18.6 Å². The van der Waals surface area contributed by atoms with E-state index in [0.29, 0.717) is 0 Å². The van der Waals surface area contributed by atoms with Gasteiger partial charge in [0.05, 0.1) is 6.54 Å². The molecule has 1 atom stereocenters. The summed E-state index contributed by atoms with van der Waals surface area (Å²) in [5.74, 6) is -2.96. The summed E-state index contributed by atoms with van der Waals surface area (Å²) in [5.41, 5.74) is 0. The summed E-state index contributed by atoms with van der Waals surface area (Å²) in [7, 11) is 0. The first-order valence-electron chi connectivity index (χ1n) is 2.99. The van der Waals surface area contributed by atoms with E-state index in [4.69, 9.17) is 5.11 Å². The second-order valence-electron chi connectivity index (χ2n) is 2.39. The lowest BCUT2D eigenvalue weighted by molar-refractivity contribution is -0.0725. The van der Waals surface area contributed by atoms with Gasteiger partial charge in [0.2, 0.25) is 0 Å². The highest BCUT2D eigenvalue weighted by Gasteiger charge is 2.46. The zero-order valence-electron chi connectivity index (χ0n) is 5.43. The van der Waals surface area contributed by atoms with Gasteiger partial charge in [-0.25, -0.2) is 8.78 Å². The van der Waals surface area contributed by atoms with Gasteiger partial charge in [0.25, 0.3) is 5.92 Å². The first-order valence-corrected chi connectivity index (χ1v) is 2.99. The molecule has 0 aliphatic carbocycles. The van der Waals surface area contributed by atoms with Crippen LogP contribution in [0.4, 0.5) is 8.78 Å². The van der Waals surface area contributed by atoms with Crippen molar-refractivity contribution in [3.8, 4) is 0 Å². The molecule has 0 aromatic rings. The molecule has 0 bridgehead atoms. The van der Waals surface area contributed by atoms with Gasteiger partial charge in [-0.1, -0.05) is 6.58 Å². The number of rotatable bonds is 1. The molecule has 4 heteroatoms. The van der Waals surface area contributed by atoms with Crippen LogP contribution in [0.15, 0.2) is 12.8 Å². The van der Waals surface area contributed by atoms with Crippen LogP contribution in [0.2, 0.25) is 0 Å². The lowest BCUT2D eigenvalue weighted by Crippen LogP contribution is -2.31. The minimum absolute atomic E-state index is 0.0174. The molecular formula is C6H9F2NO.